The largest absolute Gasteiger partial charge is 0.317 e. The van der Waals surface area contributed by atoms with Gasteiger partial charge in [-0.3, -0.25) is 0 Å². The van der Waals surface area contributed by atoms with E-state index in [1.807, 2.05) is 14.0 Å². The van der Waals surface area contributed by atoms with Crippen molar-refractivity contribution in [1.82, 2.24) is 15.3 Å². The SMILES string of the molecule is CCCC(Cc1cc(CC)nc(C)n1)NC. The van der Waals surface area contributed by atoms with Crippen LogP contribution in [-0.4, -0.2) is 23.1 Å². The number of hydrogen-bond donors (Lipinski definition) is 1. The van der Waals surface area contributed by atoms with Crippen LogP contribution in [0.4, 0.5) is 0 Å². The maximum absolute atomic E-state index is 4.50. The fourth-order valence-corrected chi connectivity index (χ4v) is 1.93. The monoisotopic (exact) mass is 221 g/mol. The van der Waals surface area contributed by atoms with E-state index in [2.05, 4.69) is 35.2 Å². The fourth-order valence-electron chi connectivity index (χ4n) is 1.93. The second-order valence-corrected chi connectivity index (χ2v) is 4.23. The highest BCUT2D eigenvalue weighted by molar-refractivity contribution is 5.12. The summed E-state index contributed by atoms with van der Waals surface area (Å²) in [5, 5.41) is 3.35. The molecule has 1 atom stereocenters. The quantitative estimate of drug-likeness (QED) is 0.801. The number of aryl methyl sites for hydroxylation is 2. The predicted molar refractivity (Wildman–Crippen MR) is 67.6 cm³/mol. The van der Waals surface area contributed by atoms with E-state index < -0.39 is 0 Å². The normalized spacial score (nSPS) is 12.8. The van der Waals surface area contributed by atoms with Gasteiger partial charge < -0.3 is 5.32 Å². The molecule has 3 heteroatoms. The number of likely N-dealkylation sites (N-methyl/N-ethyl adjacent to an activating group) is 1. The van der Waals surface area contributed by atoms with Crippen LogP contribution in [0.1, 0.15) is 43.9 Å². The average Bonchev–Trinajstić information content (AvgIpc) is 2.27. The minimum Gasteiger partial charge on any atom is -0.317 e. The molecule has 90 valence electrons. The van der Waals surface area contributed by atoms with Crippen molar-refractivity contribution in [3.8, 4) is 0 Å². The highest BCUT2D eigenvalue weighted by atomic mass is 14.9. The molecule has 1 N–H and O–H groups in total. The molecule has 16 heavy (non-hydrogen) atoms. The molecule has 0 bridgehead atoms. The van der Waals surface area contributed by atoms with Gasteiger partial charge in [-0.1, -0.05) is 20.3 Å². The zero-order chi connectivity index (χ0) is 12.0. The Morgan fingerprint density at radius 2 is 1.94 bits per heavy atom. The summed E-state index contributed by atoms with van der Waals surface area (Å²) in [5.41, 5.74) is 2.31. The standard InChI is InChI=1S/C13H23N3/c1-5-7-12(14-4)9-13-8-11(6-2)15-10(3)16-13/h8,12,14H,5-7,9H2,1-4H3. The Kier molecular flexibility index (Phi) is 5.39. The minimum atomic E-state index is 0.531. The smallest absolute Gasteiger partial charge is 0.125 e. The van der Waals surface area contributed by atoms with Gasteiger partial charge in [0.25, 0.3) is 0 Å². The maximum atomic E-state index is 4.50. The maximum Gasteiger partial charge on any atom is 0.125 e. The van der Waals surface area contributed by atoms with Crippen LogP contribution in [0.2, 0.25) is 0 Å². The molecule has 1 aromatic heterocycles. The van der Waals surface area contributed by atoms with Gasteiger partial charge in [0.2, 0.25) is 0 Å². The van der Waals surface area contributed by atoms with E-state index >= 15 is 0 Å². The summed E-state index contributed by atoms with van der Waals surface area (Å²) in [7, 11) is 2.02. The molecule has 1 heterocycles. The Morgan fingerprint density at radius 3 is 2.50 bits per heavy atom. The van der Waals surface area contributed by atoms with Crippen molar-refractivity contribution < 1.29 is 0 Å². The molecule has 0 spiro atoms. The van der Waals surface area contributed by atoms with Gasteiger partial charge in [0.15, 0.2) is 0 Å². The van der Waals surface area contributed by atoms with Crippen LogP contribution in [0.25, 0.3) is 0 Å². The second kappa shape index (κ2) is 6.59. The average molecular weight is 221 g/mol. The van der Waals surface area contributed by atoms with Gasteiger partial charge in [-0.05, 0) is 32.9 Å². The Labute approximate surface area is 98.7 Å². The van der Waals surface area contributed by atoms with Crippen molar-refractivity contribution in [2.75, 3.05) is 7.05 Å². The molecule has 1 unspecified atom stereocenters. The van der Waals surface area contributed by atoms with E-state index in [1.54, 1.807) is 0 Å². The van der Waals surface area contributed by atoms with Gasteiger partial charge in [0.1, 0.15) is 5.82 Å². The number of nitrogens with one attached hydrogen (secondary N) is 1. The number of hydrogen-bond acceptors (Lipinski definition) is 3. The van der Waals surface area contributed by atoms with Crippen LogP contribution >= 0.6 is 0 Å². The van der Waals surface area contributed by atoms with E-state index in [4.69, 9.17) is 0 Å². The summed E-state index contributed by atoms with van der Waals surface area (Å²) in [6.07, 6.45) is 4.38. The van der Waals surface area contributed by atoms with Crippen molar-refractivity contribution in [1.29, 1.82) is 0 Å². The lowest BCUT2D eigenvalue weighted by Gasteiger charge is -2.15. The minimum absolute atomic E-state index is 0.531. The van der Waals surface area contributed by atoms with Gasteiger partial charge >= 0.3 is 0 Å². The van der Waals surface area contributed by atoms with Crippen LogP contribution < -0.4 is 5.32 Å². The Hall–Kier alpha value is -0.960. The van der Waals surface area contributed by atoms with Crippen LogP contribution in [0.3, 0.4) is 0 Å². The molecule has 0 aromatic carbocycles. The lowest BCUT2D eigenvalue weighted by atomic mass is 10.1. The molecule has 0 radical (unpaired) electrons. The van der Waals surface area contributed by atoms with E-state index in [0.717, 1.165) is 30.1 Å². The summed E-state index contributed by atoms with van der Waals surface area (Å²) in [4.78, 5) is 8.90. The van der Waals surface area contributed by atoms with E-state index in [9.17, 15) is 0 Å². The number of rotatable bonds is 6. The first-order chi connectivity index (χ1) is 7.69. The third-order valence-electron chi connectivity index (χ3n) is 2.81. The van der Waals surface area contributed by atoms with E-state index in [0.29, 0.717) is 6.04 Å². The lowest BCUT2D eigenvalue weighted by molar-refractivity contribution is 0.507. The van der Waals surface area contributed by atoms with Crippen molar-refractivity contribution >= 4 is 0 Å². The number of aromatic nitrogens is 2. The summed E-state index contributed by atoms with van der Waals surface area (Å²) in [6.45, 7) is 6.32. The molecule has 0 aliphatic rings. The molecule has 0 aliphatic carbocycles. The van der Waals surface area contributed by atoms with Gasteiger partial charge in [-0.2, -0.15) is 0 Å². The molecule has 1 rings (SSSR count). The first kappa shape index (κ1) is 13.1. The predicted octanol–water partition coefficient (Wildman–Crippen LogP) is 2.28. The Balaban J connectivity index is 2.74. The first-order valence-electron chi connectivity index (χ1n) is 6.20. The summed E-state index contributed by atoms with van der Waals surface area (Å²) in [5.74, 6) is 0.890. The molecule has 0 fully saturated rings. The molecular formula is C13H23N3. The van der Waals surface area contributed by atoms with E-state index in [-0.39, 0.29) is 0 Å². The summed E-state index contributed by atoms with van der Waals surface area (Å²) in [6, 6.07) is 2.66. The van der Waals surface area contributed by atoms with Gasteiger partial charge in [-0.25, -0.2) is 9.97 Å². The highest BCUT2D eigenvalue weighted by Crippen LogP contribution is 2.08. The molecule has 0 saturated heterocycles. The van der Waals surface area contributed by atoms with Crippen LogP contribution in [0.15, 0.2) is 6.07 Å². The lowest BCUT2D eigenvalue weighted by Crippen LogP contribution is -2.27. The second-order valence-electron chi connectivity index (χ2n) is 4.23. The fraction of sp³-hybridized carbons (Fsp3) is 0.692. The van der Waals surface area contributed by atoms with E-state index in [1.165, 1.54) is 12.8 Å². The van der Waals surface area contributed by atoms with Crippen LogP contribution in [0, 0.1) is 6.92 Å². The number of nitrogens with zero attached hydrogens (tertiary/aromatic N) is 2. The molecule has 1 aromatic rings. The van der Waals surface area contributed by atoms with Crippen molar-refractivity contribution in [3.63, 3.8) is 0 Å². The molecule has 0 aliphatic heterocycles. The first-order valence-corrected chi connectivity index (χ1v) is 6.20. The Morgan fingerprint density at radius 1 is 1.25 bits per heavy atom. The zero-order valence-electron chi connectivity index (χ0n) is 10.9. The van der Waals surface area contributed by atoms with Gasteiger partial charge in [-0.15, -0.1) is 0 Å². The van der Waals surface area contributed by atoms with Crippen molar-refractivity contribution in [3.05, 3.63) is 23.3 Å². The molecule has 0 amide bonds. The molecule has 0 saturated carbocycles. The highest BCUT2D eigenvalue weighted by Gasteiger charge is 2.08. The van der Waals surface area contributed by atoms with Gasteiger partial charge in [0, 0.05) is 23.9 Å². The summed E-state index contributed by atoms with van der Waals surface area (Å²) < 4.78 is 0. The van der Waals surface area contributed by atoms with Crippen LogP contribution in [0.5, 0.6) is 0 Å². The van der Waals surface area contributed by atoms with Crippen molar-refractivity contribution in [2.45, 2.75) is 52.5 Å². The summed E-state index contributed by atoms with van der Waals surface area (Å²) >= 11 is 0. The molecular weight excluding hydrogens is 198 g/mol. The van der Waals surface area contributed by atoms with Crippen molar-refractivity contribution in [2.24, 2.45) is 0 Å². The van der Waals surface area contributed by atoms with Crippen LogP contribution in [-0.2, 0) is 12.8 Å². The Bertz CT molecular complexity index is 323. The van der Waals surface area contributed by atoms with Gasteiger partial charge in [0.05, 0.1) is 0 Å². The molecule has 3 nitrogen and oxygen atoms in total. The zero-order valence-corrected chi connectivity index (χ0v) is 10.9. The third kappa shape index (κ3) is 3.89. The third-order valence-corrected chi connectivity index (χ3v) is 2.81. The topological polar surface area (TPSA) is 37.8 Å².